The van der Waals surface area contributed by atoms with Crippen LogP contribution in [0.1, 0.15) is 0 Å². The molecule has 0 spiro atoms. The van der Waals surface area contributed by atoms with E-state index in [1.54, 1.807) is 0 Å². The van der Waals surface area contributed by atoms with Gasteiger partial charge in [-0.25, -0.2) is 5.01 Å². The zero-order valence-corrected chi connectivity index (χ0v) is 5.92. The number of rotatable bonds is 1. The first kappa shape index (κ1) is 6.34. The molecule has 11 heavy (non-hydrogen) atoms. The summed E-state index contributed by atoms with van der Waals surface area (Å²) in [6, 6.07) is 0.125. The van der Waals surface area contributed by atoms with E-state index < -0.39 is 0 Å². The molecule has 0 aromatic rings. The fourth-order valence-corrected chi connectivity index (χ4v) is 1.37. The van der Waals surface area contributed by atoms with Crippen LogP contribution in [-0.4, -0.2) is 17.1 Å². The third kappa shape index (κ3) is 0.888. The maximum Gasteiger partial charge on any atom is 0.0878 e. The van der Waals surface area contributed by atoms with Gasteiger partial charge < -0.3 is 0 Å². The second-order valence-corrected chi connectivity index (χ2v) is 2.60. The van der Waals surface area contributed by atoms with Crippen LogP contribution in [0.2, 0.25) is 0 Å². The van der Waals surface area contributed by atoms with E-state index in [-0.39, 0.29) is 12.1 Å². The summed E-state index contributed by atoms with van der Waals surface area (Å²) in [6.45, 7) is 0. The van der Waals surface area contributed by atoms with E-state index in [0.717, 1.165) is 0 Å². The Morgan fingerprint density at radius 2 is 1.55 bits per heavy atom. The van der Waals surface area contributed by atoms with Gasteiger partial charge in [-0.2, -0.15) is 0 Å². The average molecular weight is 148 g/mol. The Morgan fingerprint density at radius 3 is 2.00 bits per heavy atom. The number of fused-ring (bicyclic) bond motifs is 2. The summed E-state index contributed by atoms with van der Waals surface area (Å²) in [5.74, 6) is 0. The minimum atomic E-state index is 0.0625. The molecule has 0 amide bonds. The van der Waals surface area contributed by atoms with Crippen molar-refractivity contribution in [2.24, 2.45) is 5.29 Å². The van der Waals surface area contributed by atoms with Crippen molar-refractivity contribution in [3.63, 3.8) is 0 Å². The van der Waals surface area contributed by atoms with Crippen LogP contribution >= 0.6 is 0 Å². The lowest BCUT2D eigenvalue weighted by Gasteiger charge is -2.17. The number of hydrogen-bond acceptors (Lipinski definition) is 2. The summed E-state index contributed by atoms with van der Waals surface area (Å²) in [7, 11) is 0. The van der Waals surface area contributed by atoms with Crippen LogP contribution in [0.4, 0.5) is 0 Å². The molecule has 2 atom stereocenters. The summed E-state index contributed by atoms with van der Waals surface area (Å²) in [5, 5.41) is 4.48. The Bertz CT molecular complexity index is 233. The van der Waals surface area contributed by atoms with Gasteiger partial charge in [-0.3, -0.25) is 0 Å². The van der Waals surface area contributed by atoms with Crippen LogP contribution in [0, 0.1) is 4.91 Å². The van der Waals surface area contributed by atoms with E-state index in [1.807, 2.05) is 36.5 Å². The number of allylic oxidation sites excluding steroid dienone is 2. The molecule has 2 bridgehead atoms. The summed E-state index contributed by atoms with van der Waals surface area (Å²) in [6.07, 6.45) is 11.7. The zero-order chi connectivity index (χ0) is 7.68. The Labute approximate surface area is 64.6 Å². The molecule has 2 aliphatic heterocycles. The van der Waals surface area contributed by atoms with E-state index >= 15 is 0 Å². The van der Waals surface area contributed by atoms with Gasteiger partial charge in [0.05, 0.1) is 17.4 Å². The second-order valence-electron chi connectivity index (χ2n) is 2.60. The Balaban J connectivity index is 2.34. The highest BCUT2D eigenvalue weighted by Gasteiger charge is 2.25. The second kappa shape index (κ2) is 2.34. The van der Waals surface area contributed by atoms with E-state index in [0.29, 0.717) is 0 Å². The van der Waals surface area contributed by atoms with Gasteiger partial charge in [-0.1, -0.05) is 36.5 Å². The maximum absolute atomic E-state index is 10.3. The van der Waals surface area contributed by atoms with Gasteiger partial charge >= 0.3 is 0 Å². The highest BCUT2D eigenvalue weighted by Crippen LogP contribution is 2.21. The van der Waals surface area contributed by atoms with Crippen molar-refractivity contribution in [1.29, 1.82) is 0 Å². The molecule has 0 aromatic heterocycles. The smallest absolute Gasteiger partial charge is 0.0878 e. The first-order valence-corrected chi connectivity index (χ1v) is 3.57. The van der Waals surface area contributed by atoms with E-state index in [9.17, 15) is 4.91 Å². The molecule has 0 saturated carbocycles. The van der Waals surface area contributed by atoms with Gasteiger partial charge in [-0.05, 0) is 0 Å². The van der Waals surface area contributed by atoms with E-state index in [4.69, 9.17) is 0 Å². The SMILES string of the molecule is O=NN1C2C=CC=CC1C=C2. The first-order chi connectivity index (χ1) is 5.42. The molecule has 56 valence electrons. The van der Waals surface area contributed by atoms with Crippen molar-refractivity contribution >= 4 is 0 Å². The Morgan fingerprint density at radius 1 is 1.00 bits per heavy atom. The lowest BCUT2D eigenvalue weighted by atomic mass is 10.2. The summed E-state index contributed by atoms with van der Waals surface area (Å²) in [5.41, 5.74) is 0. The maximum atomic E-state index is 10.3. The van der Waals surface area contributed by atoms with Crippen molar-refractivity contribution < 1.29 is 0 Å². The third-order valence-electron chi connectivity index (χ3n) is 1.94. The molecule has 0 saturated heterocycles. The highest BCUT2D eigenvalue weighted by atomic mass is 16.3. The van der Waals surface area contributed by atoms with Gasteiger partial charge in [0.15, 0.2) is 0 Å². The van der Waals surface area contributed by atoms with E-state index in [1.165, 1.54) is 5.01 Å². The molecular formula is C8H8N2O. The summed E-state index contributed by atoms with van der Waals surface area (Å²) in [4.78, 5) is 10.3. The number of nitrogens with zero attached hydrogens (tertiary/aromatic N) is 2. The van der Waals surface area contributed by atoms with Crippen LogP contribution in [0.3, 0.4) is 0 Å². The lowest BCUT2D eigenvalue weighted by Crippen LogP contribution is -2.28. The predicted octanol–water partition coefficient (Wildman–Crippen LogP) is 1.40. The van der Waals surface area contributed by atoms with Crippen molar-refractivity contribution in [2.75, 3.05) is 0 Å². The molecule has 2 rings (SSSR count). The standard InChI is InChI=1S/C8H8N2O/c11-9-10-7-3-1-2-4-8(10)6-5-7/h1-8H. The zero-order valence-electron chi connectivity index (χ0n) is 5.92. The first-order valence-electron chi connectivity index (χ1n) is 3.57. The average Bonchev–Trinajstić information content (AvgIpc) is 2.23. The molecule has 0 radical (unpaired) electrons. The van der Waals surface area contributed by atoms with Gasteiger partial charge in [0, 0.05) is 0 Å². The van der Waals surface area contributed by atoms with Gasteiger partial charge in [0.1, 0.15) is 0 Å². The fourth-order valence-electron chi connectivity index (χ4n) is 1.37. The number of nitroso groups, excluding NO2 is 1. The van der Waals surface area contributed by atoms with E-state index in [2.05, 4.69) is 5.29 Å². The monoisotopic (exact) mass is 148 g/mol. The minimum Gasteiger partial charge on any atom is -0.239 e. The topological polar surface area (TPSA) is 32.7 Å². The fraction of sp³-hybridized carbons (Fsp3) is 0.250. The van der Waals surface area contributed by atoms with Crippen LogP contribution in [0.5, 0.6) is 0 Å². The van der Waals surface area contributed by atoms with Gasteiger partial charge in [0.2, 0.25) is 0 Å². The normalized spacial score (nSPS) is 32.5. The molecule has 0 N–H and O–H groups in total. The van der Waals surface area contributed by atoms with Gasteiger partial charge in [-0.15, -0.1) is 4.91 Å². The van der Waals surface area contributed by atoms with Crippen LogP contribution in [0.15, 0.2) is 41.7 Å². The molecule has 2 heterocycles. The quantitative estimate of drug-likeness (QED) is 0.416. The molecule has 3 heteroatoms. The molecule has 0 fully saturated rings. The van der Waals surface area contributed by atoms with Gasteiger partial charge in [0.25, 0.3) is 0 Å². The molecule has 0 aromatic carbocycles. The van der Waals surface area contributed by atoms with Crippen LogP contribution in [-0.2, 0) is 0 Å². The molecule has 3 nitrogen and oxygen atoms in total. The van der Waals surface area contributed by atoms with Crippen molar-refractivity contribution in [3.8, 4) is 0 Å². The molecular weight excluding hydrogens is 140 g/mol. The Hall–Kier alpha value is -1.38. The minimum absolute atomic E-state index is 0.0625. The van der Waals surface area contributed by atoms with Crippen molar-refractivity contribution in [2.45, 2.75) is 12.1 Å². The Kier molecular flexibility index (Phi) is 1.35. The predicted molar refractivity (Wildman–Crippen MR) is 42.6 cm³/mol. The summed E-state index contributed by atoms with van der Waals surface area (Å²) < 4.78 is 0. The van der Waals surface area contributed by atoms with Crippen LogP contribution in [0.25, 0.3) is 0 Å². The molecule has 0 aliphatic carbocycles. The summed E-state index contributed by atoms with van der Waals surface area (Å²) >= 11 is 0. The third-order valence-corrected chi connectivity index (χ3v) is 1.94. The highest BCUT2D eigenvalue weighted by molar-refractivity contribution is 5.27. The van der Waals surface area contributed by atoms with Crippen LogP contribution < -0.4 is 0 Å². The molecule has 2 unspecified atom stereocenters. The van der Waals surface area contributed by atoms with Crippen molar-refractivity contribution in [1.82, 2.24) is 5.01 Å². The largest absolute Gasteiger partial charge is 0.239 e. The number of hydrogen-bond donors (Lipinski definition) is 0. The molecule has 2 aliphatic rings. The lowest BCUT2D eigenvalue weighted by molar-refractivity contribution is 0.276. The van der Waals surface area contributed by atoms with Crippen molar-refractivity contribution in [3.05, 3.63) is 41.4 Å².